The number of hydrogen-bond donors (Lipinski definition) is 6. The third-order valence-corrected chi connectivity index (χ3v) is 8.52. The number of aliphatic hydroxyl groups is 6. The standard InChI is InChI=1S/C25H42O13/c1-10(26)35-9-19-21(30)22(31)23(32)25(38-19)37-18-8-13-14(28)6-12(27)7-15(13)36-24(18)11-4-16(33-2)20(29)17(5-11)34-3/h11-25,27-32H,4-9H2,1-3H3. The fraction of sp³-hybridized carbons (Fsp3) is 0.960. The first-order chi connectivity index (χ1) is 18.0. The maximum atomic E-state index is 11.3. The van der Waals surface area contributed by atoms with Crippen LogP contribution in [0, 0.1) is 11.8 Å². The second-order valence-corrected chi connectivity index (χ2v) is 11.0. The number of methoxy groups -OCH3 is 2. The molecular formula is C25H42O13. The highest BCUT2D eigenvalue weighted by Crippen LogP contribution is 2.44. The van der Waals surface area contributed by atoms with Gasteiger partial charge in [0.2, 0.25) is 0 Å². The molecule has 0 amide bonds. The quantitative estimate of drug-likeness (QED) is 0.188. The van der Waals surface area contributed by atoms with Crippen LogP contribution >= 0.6 is 0 Å². The summed E-state index contributed by atoms with van der Waals surface area (Å²) in [6.07, 6.45) is -10.8. The lowest BCUT2D eigenvalue weighted by Crippen LogP contribution is -2.62. The first kappa shape index (κ1) is 30.0. The number of aliphatic hydroxyl groups excluding tert-OH is 6. The monoisotopic (exact) mass is 550 g/mol. The molecule has 220 valence electrons. The van der Waals surface area contributed by atoms with Gasteiger partial charge in [-0.25, -0.2) is 0 Å². The van der Waals surface area contributed by atoms with Gasteiger partial charge in [0.05, 0.1) is 42.7 Å². The van der Waals surface area contributed by atoms with Gasteiger partial charge in [0.25, 0.3) is 0 Å². The Kier molecular flexibility index (Phi) is 10.0. The molecule has 2 saturated heterocycles. The summed E-state index contributed by atoms with van der Waals surface area (Å²) in [7, 11) is 3.01. The molecule has 13 unspecified atom stereocenters. The van der Waals surface area contributed by atoms with E-state index >= 15 is 0 Å². The Morgan fingerprint density at radius 3 is 2.05 bits per heavy atom. The Morgan fingerprint density at radius 1 is 0.789 bits per heavy atom. The SMILES string of the molecule is COC1CC(C2OC3CC(O)CC(O)C3CC2OC2OC(COC(C)=O)C(O)C(O)C2O)CC(OC)C1O. The number of hydrogen-bond acceptors (Lipinski definition) is 13. The summed E-state index contributed by atoms with van der Waals surface area (Å²) in [6.45, 7) is 0.848. The summed E-state index contributed by atoms with van der Waals surface area (Å²) in [5, 5.41) is 63.1. The van der Waals surface area contributed by atoms with Gasteiger partial charge in [0.15, 0.2) is 6.29 Å². The van der Waals surface area contributed by atoms with Gasteiger partial charge in [-0.2, -0.15) is 0 Å². The van der Waals surface area contributed by atoms with Gasteiger partial charge in [-0.1, -0.05) is 0 Å². The lowest BCUT2D eigenvalue weighted by Gasteiger charge is -2.51. The molecule has 2 aliphatic carbocycles. The Bertz CT molecular complexity index is 770. The Morgan fingerprint density at radius 2 is 1.45 bits per heavy atom. The van der Waals surface area contributed by atoms with Crippen LogP contribution in [0.5, 0.6) is 0 Å². The number of carbonyl (C=O) groups excluding carboxylic acids is 1. The predicted octanol–water partition coefficient (Wildman–Crippen LogP) is -2.17. The third-order valence-electron chi connectivity index (χ3n) is 8.52. The molecule has 13 heteroatoms. The Hall–Kier alpha value is -0.970. The van der Waals surface area contributed by atoms with Crippen LogP contribution in [-0.4, -0.2) is 137 Å². The molecule has 38 heavy (non-hydrogen) atoms. The summed E-state index contributed by atoms with van der Waals surface area (Å²) in [6, 6.07) is 0. The van der Waals surface area contributed by atoms with Crippen molar-refractivity contribution in [3.63, 3.8) is 0 Å². The summed E-state index contributed by atoms with van der Waals surface area (Å²) < 4.78 is 34.4. The van der Waals surface area contributed by atoms with E-state index in [0.717, 1.165) is 0 Å². The lowest BCUT2D eigenvalue weighted by atomic mass is 9.72. The topological polar surface area (TPSA) is 194 Å². The molecule has 0 spiro atoms. The van der Waals surface area contributed by atoms with Crippen LogP contribution in [0.25, 0.3) is 0 Å². The molecule has 0 aromatic carbocycles. The van der Waals surface area contributed by atoms with E-state index < -0.39 is 85.5 Å². The second-order valence-electron chi connectivity index (χ2n) is 11.0. The van der Waals surface area contributed by atoms with Gasteiger partial charge in [-0.15, -0.1) is 0 Å². The molecule has 2 aliphatic heterocycles. The number of rotatable bonds is 7. The van der Waals surface area contributed by atoms with Crippen molar-refractivity contribution in [3.8, 4) is 0 Å². The molecule has 4 fully saturated rings. The zero-order chi connectivity index (χ0) is 27.7. The third kappa shape index (κ3) is 6.33. The molecule has 2 heterocycles. The maximum absolute atomic E-state index is 11.3. The van der Waals surface area contributed by atoms with Crippen molar-refractivity contribution in [2.24, 2.45) is 11.8 Å². The minimum absolute atomic E-state index is 0.201. The first-order valence-corrected chi connectivity index (χ1v) is 13.3. The van der Waals surface area contributed by atoms with E-state index in [2.05, 4.69) is 0 Å². The van der Waals surface area contributed by atoms with Gasteiger partial charge < -0.3 is 59.1 Å². The van der Waals surface area contributed by atoms with Crippen molar-refractivity contribution in [1.29, 1.82) is 0 Å². The second kappa shape index (κ2) is 12.7. The minimum Gasteiger partial charge on any atom is -0.463 e. The lowest BCUT2D eigenvalue weighted by molar-refractivity contribution is -0.334. The number of esters is 1. The number of ether oxygens (including phenoxy) is 6. The fourth-order valence-corrected chi connectivity index (χ4v) is 6.43. The van der Waals surface area contributed by atoms with E-state index in [0.29, 0.717) is 25.7 Å². The van der Waals surface area contributed by atoms with Crippen LogP contribution in [-0.2, 0) is 33.2 Å². The minimum atomic E-state index is -1.62. The zero-order valence-corrected chi connectivity index (χ0v) is 21.9. The van der Waals surface area contributed by atoms with Crippen LogP contribution in [0.3, 0.4) is 0 Å². The van der Waals surface area contributed by atoms with Gasteiger partial charge in [-0.05, 0) is 38.0 Å². The summed E-state index contributed by atoms with van der Waals surface area (Å²) >= 11 is 0. The van der Waals surface area contributed by atoms with Crippen LogP contribution in [0.1, 0.15) is 39.0 Å². The molecule has 4 rings (SSSR count). The molecule has 13 atom stereocenters. The van der Waals surface area contributed by atoms with Crippen molar-refractivity contribution in [1.82, 2.24) is 0 Å². The highest BCUT2D eigenvalue weighted by molar-refractivity contribution is 5.65. The summed E-state index contributed by atoms with van der Waals surface area (Å²) in [4.78, 5) is 11.3. The van der Waals surface area contributed by atoms with Crippen LogP contribution in [0.4, 0.5) is 0 Å². The molecular weight excluding hydrogens is 508 g/mol. The van der Waals surface area contributed by atoms with E-state index in [1.165, 1.54) is 21.1 Å². The van der Waals surface area contributed by atoms with E-state index in [4.69, 9.17) is 28.4 Å². The Labute approximate surface area is 221 Å². The predicted molar refractivity (Wildman–Crippen MR) is 127 cm³/mol. The van der Waals surface area contributed by atoms with Gasteiger partial charge in [0, 0.05) is 27.1 Å². The number of fused-ring (bicyclic) bond motifs is 1. The van der Waals surface area contributed by atoms with Crippen molar-refractivity contribution in [2.45, 2.75) is 119 Å². The largest absolute Gasteiger partial charge is 0.463 e. The van der Waals surface area contributed by atoms with Gasteiger partial charge in [0.1, 0.15) is 37.1 Å². The average Bonchev–Trinajstić information content (AvgIpc) is 2.88. The molecule has 2 saturated carbocycles. The van der Waals surface area contributed by atoms with Crippen LogP contribution in [0.15, 0.2) is 0 Å². The molecule has 4 aliphatic rings. The highest BCUT2D eigenvalue weighted by atomic mass is 16.7. The zero-order valence-electron chi connectivity index (χ0n) is 21.9. The van der Waals surface area contributed by atoms with Gasteiger partial charge >= 0.3 is 5.97 Å². The smallest absolute Gasteiger partial charge is 0.302 e. The fourth-order valence-electron chi connectivity index (χ4n) is 6.43. The van der Waals surface area contributed by atoms with E-state index in [9.17, 15) is 35.4 Å². The van der Waals surface area contributed by atoms with E-state index in [1.54, 1.807) is 0 Å². The summed E-state index contributed by atoms with van der Waals surface area (Å²) in [5.41, 5.74) is 0. The first-order valence-electron chi connectivity index (χ1n) is 13.3. The van der Waals surface area contributed by atoms with Crippen molar-refractivity contribution < 1.29 is 63.9 Å². The summed E-state index contributed by atoms with van der Waals surface area (Å²) in [5.74, 6) is -1.17. The molecule has 6 N–H and O–H groups in total. The molecule has 0 radical (unpaired) electrons. The molecule has 0 aromatic rings. The average molecular weight is 551 g/mol. The van der Waals surface area contributed by atoms with Crippen LogP contribution < -0.4 is 0 Å². The van der Waals surface area contributed by atoms with Gasteiger partial charge in [-0.3, -0.25) is 4.79 Å². The number of carbonyl (C=O) groups is 1. The van der Waals surface area contributed by atoms with Crippen molar-refractivity contribution in [2.75, 3.05) is 20.8 Å². The molecule has 13 nitrogen and oxygen atoms in total. The van der Waals surface area contributed by atoms with E-state index in [-0.39, 0.29) is 24.9 Å². The van der Waals surface area contributed by atoms with Crippen LogP contribution in [0.2, 0.25) is 0 Å². The normalized spacial score (nSPS) is 49.8. The van der Waals surface area contributed by atoms with Crippen molar-refractivity contribution in [3.05, 3.63) is 0 Å². The van der Waals surface area contributed by atoms with Crippen molar-refractivity contribution >= 4 is 5.97 Å². The molecule has 0 aromatic heterocycles. The highest BCUT2D eigenvalue weighted by Gasteiger charge is 2.53. The van der Waals surface area contributed by atoms with E-state index in [1.807, 2.05) is 0 Å². The maximum Gasteiger partial charge on any atom is 0.302 e. The molecule has 0 bridgehead atoms. The Balaban J connectivity index is 1.57.